The van der Waals surface area contributed by atoms with E-state index < -0.39 is 0 Å². The molecule has 30 valence electrons. The third-order valence-electron chi connectivity index (χ3n) is 0.204. The van der Waals surface area contributed by atoms with E-state index in [0.717, 1.165) is 0 Å². The fraction of sp³-hybridized carbons (Fsp3) is 0.250. The molecule has 0 bridgehead atoms. The molecule has 0 aromatic rings. The van der Waals surface area contributed by atoms with Crippen LogP contribution in [0.1, 0.15) is 6.92 Å². The molecular formula is C4H5NU. The fourth-order valence-corrected chi connectivity index (χ4v) is 0.0745. The van der Waals surface area contributed by atoms with Crippen LogP contribution in [0, 0.1) is 37.2 Å². The zero-order valence-electron chi connectivity index (χ0n) is 3.60. The van der Waals surface area contributed by atoms with Crippen molar-refractivity contribution in [3.8, 4) is 0 Å². The van der Waals surface area contributed by atoms with Crippen LogP contribution in [0.2, 0.25) is 0 Å². The topological polar surface area (TPSA) is 12.4 Å². The molecule has 0 radical (unpaired) electrons. The first-order valence-corrected chi connectivity index (χ1v) is 1.31. The van der Waals surface area contributed by atoms with Crippen LogP contribution in [-0.4, -0.2) is 6.72 Å². The normalized spacial score (nSPS) is 7.50. The number of rotatable bonds is 1. The SMILES string of the molecule is [CH-]=NC=[C-]C.[U+2]. The molecule has 0 aromatic carbocycles. The average molecular weight is 305 g/mol. The summed E-state index contributed by atoms with van der Waals surface area (Å²) in [5, 5.41) is 0. The van der Waals surface area contributed by atoms with E-state index in [-0.39, 0.29) is 31.1 Å². The van der Waals surface area contributed by atoms with Crippen molar-refractivity contribution in [2.45, 2.75) is 6.92 Å². The van der Waals surface area contributed by atoms with Crippen molar-refractivity contribution in [2.24, 2.45) is 4.99 Å². The quantitative estimate of drug-likeness (QED) is 0.504. The maximum Gasteiger partial charge on any atom is 2.00 e. The van der Waals surface area contributed by atoms with Crippen molar-refractivity contribution >= 4 is 6.72 Å². The van der Waals surface area contributed by atoms with Crippen LogP contribution in [0.4, 0.5) is 0 Å². The second kappa shape index (κ2) is 9.07. The zero-order chi connectivity index (χ0) is 4.12. The Hall–Kier alpha value is 0.462. The summed E-state index contributed by atoms with van der Waals surface area (Å²) in [7, 11) is 0. The van der Waals surface area contributed by atoms with E-state index in [2.05, 4.69) is 17.8 Å². The van der Waals surface area contributed by atoms with Crippen molar-refractivity contribution in [3.63, 3.8) is 0 Å². The Morgan fingerprint density at radius 2 is 2.33 bits per heavy atom. The number of allylic oxidation sites excluding steroid dienone is 1. The summed E-state index contributed by atoms with van der Waals surface area (Å²) in [6.07, 6.45) is 4.00. The van der Waals surface area contributed by atoms with Gasteiger partial charge < -0.3 is 17.3 Å². The predicted molar refractivity (Wildman–Crippen MR) is 22.0 cm³/mol. The van der Waals surface area contributed by atoms with Crippen LogP contribution in [0.5, 0.6) is 0 Å². The number of hydrogen-bond donors (Lipinski definition) is 0. The number of nitrogens with zero attached hydrogens (tertiary/aromatic N) is 1. The Balaban J connectivity index is 0. The van der Waals surface area contributed by atoms with Crippen LogP contribution in [0.25, 0.3) is 0 Å². The first-order valence-electron chi connectivity index (χ1n) is 1.31. The van der Waals surface area contributed by atoms with Gasteiger partial charge in [0.15, 0.2) is 0 Å². The molecule has 0 unspecified atom stereocenters. The summed E-state index contributed by atoms with van der Waals surface area (Å²) in [5.74, 6) is 0. The van der Waals surface area contributed by atoms with Gasteiger partial charge in [0.05, 0.1) is 0 Å². The molecule has 0 fully saturated rings. The van der Waals surface area contributed by atoms with Crippen molar-refractivity contribution in [3.05, 3.63) is 12.3 Å². The largest absolute Gasteiger partial charge is 2.00 e. The zero-order valence-corrected chi connectivity index (χ0v) is 7.77. The Labute approximate surface area is 61.9 Å². The molecule has 6 heavy (non-hydrogen) atoms. The van der Waals surface area contributed by atoms with Crippen LogP contribution in [0.15, 0.2) is 11.2 Å². The van der Waals surface area contributed by atoms with Crippen LogP contribution in [-0.2, 0) is 0 Å². The summed E-state index contributed by atoms with van der Waals surface area (Å²) in [6, 6.07) is 0. The molecule has 0 atom stereocenters. The maximum absolute atomic E-state index is 4.65. The molecule has 1 nitrogen and oxygen atoms in total. The molecule has 0 rings (SSSR count). The second-order valence-electron chi connectivity index (χ2n) is 0.567. The number of aliphatic imine (C=N–C) groups is 1. The predicted octanol–water partition coefficient (Wildman–Crippen LogP) is 0.901. The third kappa shape index (κ3) is 8.82. The summed E-state index contributed by atoms with van der Waals surface area (Å²) in [5.41, 5.74) is 0. The maximum atomic E-state index is 4.65. The summed E-state index contributed by atoms with van der Waals surface area (Å²) >= 11 is 0. The van der Waals surface area contributed by atoms with E-state index in [4.69, 9.17) is 0 Å². The second-order valence-corrected chi connectivity index (χ2v) is 0.567. The van der Waals surface area contributed by atoms with Gasteiger partial charge in [0.25, 0.3) is 0 Å². The molecule has 0 spiro atoms. The average Bonchev–Trinajstić information content (AvgIpc) is 1.41. The minimum atomic E-state index is 0. The van der Waals surface area contributed by atoms with Crippen LogP contribution in [0.3, 0.4) is 0 Å². The molecule has 0 N–H and O–H groups in total. The first kappa shape index (κ1) is 9.68. The molecule has 0 aliphatic heterocycles. The van der Waals surface area contributed by atoms with E-state index in [1.165, 1.54) is 6.20 Å². The van der Waals surface area contributed by atoms with Gasteiger partial charge >= 0.3 is 31.1 Å². The molecule has 0 aromatic heterocycles. The Kier molecular flexibility index (Phi) is 14.6. The van der Waals surface area contributed by atoms with E-state index in [0.29, 0.717) is 0 Å². The van der Waals surface area contributed by atoms with Gasteiger partial charge in [-0.05, 0) is 0 Å². The molecule has 0 saturated carbocycles. The molecule has 0 amide bonds. The minimum absolute atomic E-state index is 0. The van der Waals surface area contributed by atoms with E-state index in [9.17, 15) is 0 Å². The summed E-state index contributed by atoms with van der Waals surface area (Å²) in [4.78, 5) is 3.12. The van der Waals surface area contributed by atoms with Gasteiger partial charge in [-0.15, -0.1) is 0 Å². The van der Waals surface area contributed by atoms with Crippen molar-refractivity contribution in [2.75, 3.05) is 0 Å². The fourth-order valence-electron chi connectivity index (χ4n) is 0.0745. The van der Waals surface area contributed by atoms with Crippen molar-refractivity contribution in [1.82, 2.24) is 0 Å². The van der Waals surface area contributed by atoms with Gasteiger partial charge in [0.2, 0.25) is 0 Å². The molecular weight excluding hydrogens is 300 g/mol. The molecule has 0 aliphatic rings. The third-order valence-corrected chi connectivity index (χ3v) is 0.204. The Morgan fingerprint density at radius 1 is 1.83 bits per heavy atom. The monoisotopic (exact) mass is 305 g/mol. The number of hydrogen-bond acceptors (Lipinski definition) is 1. The molecule has 0 saturated heterocycles. The summed E-state index contributed by atoms with van der Waals surface area (Å²) in [6.45, 7) is 6.38. The van der Waals surface area contributed by atoms with Gasteiger partial charge in [-0.1, -0.05) is 0 Å². The van der Waals surface area contributed by atoms with E-state index >= 15 is 0 Å². The van der Waals surface area contributed by atoms with Gasteiger partial charge in [-0.3, -0.25) is 0 Å². The molecule has 0 aliphatic carbocycles. The summed E-state index contributed by atoms with van der Waals surface area (Å²) < 4.78 is 0. The van der Waals surface area contributed by atoms with Gasteiger partial charge in [-0.25, -0.2) is 6.92 Å². The van der Waals surface area contributed by atoms with Gasteiger partial charge in [0.1, 0.15) is 0 Å². The molecule has 2 heteroatoms. The van der Waals surface area contributed by atoms with Crippen LogP contribution >= 0.6 is 0 Å². The standard InChI is InChI=1S/C4H5N.U/c1-3-4-5-2;/h2,4H,1H3;/q-2;+2. The van der Waals surface area contributed by atoms with Crippen molar-refractivity contribution in [1.29, 1.82) is 0 Å². The van der Waals surface area contributed by atoms with E-state index in [1.54, 1.807) is 6.92 Å². The molecule has 0 heterocycles. The smallest absolute Gasteiger partial charge is 0.587 e. The first-order chi connectivity index (χ1) is 2.41. The van der Waals surface area contributed by atoms with Gasteiger partial charge in [-0.2, -0.15) is 6.72 Å². The minimum Gasteiger partial charge on any atom is -0.587 e. The van der Waals surface area contributed by atoms with E-state index in [1.807, 2.05) is 0 Å². The Bertz CT molecular complexity index is 49.5. The Morgan fingerprint density at radius 3 is 2.33 bits per heavy atom. The van der Waals surface area contributed by atoms with Gasteiger partial charge in [0, 0.05) is 0 Å². The van der Waals surface area contributed by atoms with Crippen LogP contribution < -0.4 is 0 Å². The van der Waals surface area contributed by atoms with Crippen molar-refractivity contribution < 1.29 is 31.1 Å².